The minimum atomic E-state index is -3.79. The van der Waals surface area contributed by atoms with E-state index in [2.05, 4.69) is 26.1 Å². The van der Waals surface area contributed by atoms with Gasteiger partial charge in [-0.05, 0) is 50.2 Å². The van der Waals surface area contributed by atoms with Gasteiger partial charge in [-0.2, -0.15) is 4.98 Å². The van der Waals surface area contributed by atoms with Gasteiger partial charge in [-0.25, -0.2) is 26.5 Å². The minimum Gasteiger partial charge on any atom is -0.369 e. The second-order valence-corrected chi connectivity index (χ2v) is 11.2. The van der Waals surface area contributed by atoms with Crippen LogP contribution in [0.4, 0.5) is 11.8 Å². The first-order valence-electron chi connectivity index (χ1n) is 9.71. The summed E-state index contributed by atoms with van der Waals surface area (Å²) in [5, 5.41) is 3.04. The summed E-state index contributed by atoms with van der Waals surface area (Å²) in [5.41, 5.74) is 9.63. The Morgan fingerprint density at radius 1 is 0.844 bits per heavy atom. The van der Waals surface area contributed by atoms with Crippen molar-refractivity contribution in [2.45, 2.75) is 23.6 Å². The predicted octanol–water partition coefficient (Wildman–Crippen LogP) is 2.14. The van der Waals surface area contributed by atoms with Crippen LogP contribution in [0, 0.1) is 13.8 Å². The number of anilines is 2. The van der Waals surface area contributed by atoms with E-state index in [1.165, 1.54) is 24.3 Å². The predicted molar refractivity (Wildman–Crippen MR) is 125 cm³/mol. The molecule has 0 bridgehead atoms. The zero-order chi connectivity index (χ0) is 23.5. The number of hydrogen-bond acceptors (Lipinski definition) is 8. The molecule has 0 radical (unpaired) electrons. The van der Waals surface area contributed by atoms with Gasteiger partial charge < -0.3 is 11.1 Å². The van der Waals surface area contributed by atoms with E-state index in [0.717, 1.165) is 22.9 Å². The van der Waals surface area contributed by atoms with Crippen LogP contribution in [0.15, 0.2) is 58.3 Å². The van der Waals surface area contributed by atoms with Gasteiger partial charge in [0.2, 0.25) is 16.0 Å². The number of nitrogens with zero attached hydrogens (tertiary/aromatic N) is 2. The fraction of sp³-hybridized carbons (Fsp3) is 0.238. The molecule has 9 nitrogen and oxygen atoms in total. The van der Waals surface area contributed by atoms with E-state index in [0.29, 0.717) is 11.5 Å². The molecule has 4 N–H and O–H groups in total. The van der Waals surface area contributed by atoms with Crippen molar-refractivity contribution >= 4 is 31.6 Å². The van der Waals surface area contributed by atoms with Crippen LogP contribution < -0.4 is 15.8 Å². The van der Waals surface area contributed by atoms with Gasteiger partial charge in [0.05, 0.1) is 15.5 Å². The molecule has 0 aliphatic carbocycles. The number of nitrogens with two attached hydrogens (primary N) is 1. The standard InChI is InChI=1S/C21H25N5O4S2/c1-14-10-15(2)12-16(11-14)19-13-20(26-21(22)25-19)23-8-9-24-32(29,30)18-6-4-17(5-7-18)31(3,27)28/h4-7,10-13,24H,8-9H2,1-3H3,(H3,22,23,25,26). The lowest BCUT2D eigenvalue weighted by molar-refractivity contribution is 0.582. The van der Waals surface area contributed by atoms with Gasteiger partial charge in [0, 0.05) is 31.0 Å². The second kappa shape index (κ2) is 9.23. The third-order valence-electron chi connectivity index (χ3n) is 4.55. The molecule has 2 aromatic carbocycles. The van der Waals surface area contributed by atoms with E-state index < -0.39 is 19.9 Å². The Morgan fingerprint density at radius 3 is 2.03 bits per heavy atom. The molecule has 0 saturated carbocycles. The van der Waals surface area contributed by atoms with Gasteiger partial charge in [-0.15, -0.1) is 0 Å². The van der Waals surface area contributed by atoms with Crippen molar-refractivity contribution in [1.82, 2.24) is 14.7 Å². The van der Waals surface area contributed by atoms with Gasteiger partial charge in [0.15, 0.2) is 9.84 Å². The molecule has 0 amide bonds. The fourth-order valence-corrected chi connectivity index (χ4v) is 4.81. The van der Waals surface area contributed by atoms with E-state index in [-0.39, 0.29) is 28.8 Å². The highest BCUT2D eigenvalue weighted by Gasteiger charge is 2.15. The highest BCUT2D eigenvalue weighted by molar-refractivity contribution is 7.90. The number of benzene rings is 2. The molecular weight excluding hydrogens is 450 g/mol. The van der Waals surface area contributed by atoms with Crippen LogP contribution in [0.2, 0.25) is 0 Å². The summed E-state index contributed by atoms with van der Waals surface area (Å²) < 4.78 is 50.4. The highest BCUT2D eigenvalue weighted by atomic mass is 32.2. The summed E-state index contributed by atoms with van der Waals surface area (Å²) in [6, 6.07) is 12.9. The number of aryl methyl sites for hydroxylation is 2. The number of nitrogens with one attached hydrogen (secondary N) is 2. The molecule has 0 unspecified atom stereocenters. The summed E-state index contributed by atoms with van der Waals surface area (Å²) in [7, 11) is -7.18. The molecule has 3 aromatic rings. The Bertz CT molecular complexity index is 1320. The lowest BCUT2D eigenvalue weighted by Gasteiger charge is -2.11. The monoisotopic (exact) mass is 475 g/mol. The Hall–Kier alpha value is -3.02. The second-order valence-electron chi connectivity index (χ2n) is 7.44. The average Bonchev–Trinajstić information content (AvgIpc) is 2.69. The SMILES string of the molecule is Cc1cc(C)cc(-c2cc(NCCNS(=O)(=O)c3ccc(S(C)(=O)=O)cc3)nc(N)n2)c1. The molecule has 32 heavy (non-hydrogen) atoms. The number of sulfonamides is 1. The average molecular weight is 476 g/mol. The molecule has 1 heterocycles. The quantitative estimate of drug-likeness (QED) is 0.420. The zero-order valence-electron chi connectivity index (χ0n) is 18.0. The Morgan fingerprint density at radius 2 is 1.44 bits per heavy atom. The summed E-state index contributed by atoms with van der Waals surface area (Å²) in [6.07, 6.45) is 1.06. The molecule has 0 aliphatic heterocycles. The molecule has 11 heteroatoms. The highest BCUT2D eigenvalue weighted by Crippen LogP contribution is 2.23. The van der Waals surface area contributed by atoms with Gasteiger partial charge in [-0.3, -0.25) is 0 Å². The molecule has 170 valence electrons. The maximum absolute atomic E-state index is 12.4. The summed E-state index contributed by atoms with van der Waals surface area (Å²) in [5.74, 6) is 0.582. The molecular formula is C21H25N5O4S2. The molecule has 0 fully saturated rings. The number of aromatic nitrogens is 2. The first-order valence-corrected chi connectivity index (χ1v) is 13.1. The maximum Gasteiger partial charge on any atom is 0.240 e. The zero-order valence-corrected chi connectivity index (χ0v) is 19.6. The van der Waals surface area contributed by atoms with Crippen molar-refractivity contribution < 1.29 is 16.8 Å². The van der Waals surface area contributed by atoms with Crippen LogP contribution in [-0.2, 0) is 19.9 Å². The lowest BCUT2D eigenvalue weighted by Crippen LogP contribution is -2.29. The van der Waals surface area contributed by atoms with Gasteiger partial charge >= 0.3 is 0 Å². The van der Waals surface area contributed by atoms with Crippen LogP contribution in [-0.4, -0.2) is 46.1 Å². The van der Waals surface area contributed by atoms with E-state index in [9.17, 15) is 16.8 Å². The van der Waals surface area contributed by atoms with Gasteiger partial charge in [-0.1, -0.05) is 17.2 Å². The van der Waals surface area contributed by atoms with Crippen LogP contribution in [0.5, 0.6) is 0 Å². The normalized spacial score (nSPS) is 12.0. The van der Waals surface area contributed by atoms with Crippen LogP contribution >= 0.6 is 0 Å². The maximum atomic E-state index is 12.4. The van der Waals surface area contributed by atoms with E-state index in [1.54, 1.807) is 6.07 Å². The molecule has 0 aliphatic rings. The van der Waals surface area contributed by atoms with E-state index >= 15 is 0 Å². The van der Waals surface area contributed by atoms with Crippen molar-refractivity contribution in [1.29, 1.82) is 0 Å². The molecule has 3 rings (SSSR count). The molecule has 1 aromatic heterocycles. The number of hydrogen-bond donors (Lipinski definition) is 3. The summed E-state index contributed by atoms with van der Waals surface area (Å²) >= 11 is 0. The van der Waals surface area contributed by atoms with Crippen LogP contribution in [0.1, 0.15) is 11.1 Å². The Balaban J connectivity index is 1.64. The van der Waals surface area contributed by atoms with Crippen LogP contribution in [0.25, 0.3) is 11.3 Å². The largest absolute Gasteiger partial charge is 0.369 e. The van der Waals surface area contributed by atoms with Crippen molar-refractivity contribution in [3.63, 3.8) is 0 Å². The number of nitrogen functional groups attached to an aromatic ring is 1. The third kappa shape index (κ3) is 6.02. The molecule has 0 atom stereocenters. The Labute approximate surface area is 188 Å². The Kier molecular flexibility index (Phi) is 6.82. The first kappa shape index (κ1) is 23.6. The number of rotatable bonds is 8. The minimum absolute atomic E-state index is 0.0201. The van der Waals surface area contributed by atoms with Crippen molar-refractivity contribution in [2.75, 3.05) is 30.4 Å². The third-order valence-corrected chi connectivity index (χ3v) is 7.15. The first-order chi connectivity index (χ1) is 14.9. The fourth-order valence-electron chi connectivity index (χ4n) is 3.15. The van der Waals surface area contributed by atoms with E-state index in [4.69, 9.17) is 5.73 Å². The van der Waals surface area contributed by atoms with Crippen molar-refractivity contribution in [2.24, 2.45) is 0 Å². The number of sulfone groups is 1. The summed E-state index contributed by atoms with van der Waals surface area (Å²) in [6.45, 7) is 4.34. The van der Waals surface area contributed by atoms with Gasteiger partial charge in [0.25, 0.3) is 0 Å². The van der Waals surface area contributed by atoms with Crippen molar-refractivity contribution in [3.05, 3.63) is 59.7 Å². The molecule has 0 saturated heterocycles. The lowest BCUT2D eigenvalue weighted by atomic mass is 10.0. The smallest absolute Gasteiger partial charge is 0.240 e. The van der Waals surface area contributed by atoms with Crippen molar-refractivity contribution in [3.8, 4) is 11.3 Å². The topological polar surface area (TPSA) is 144 Å². The van der Waals surface area contributed by atoms with Gasteiger partial charge in [0.1, 0.15) is 5.82 Å². The van der Waals surface area contributed by atoms with E-state index in [1.807, 2.05) is 26.0 Å². The summed E-state index contributed by atoms with van der Waals surface area (Å²) in [4.78, 5) is 8.48. The molecule has 0 spiro atoms. The van der Waals surface area contributed by atoms with Crippen LogP contribution in [0.3, 0.4) is 0 Å².